The third-order valence-corrected chi connectivity index (χ3v) is 4.23. The van der Waals surface area contributed by atoms with E-state index >= 15 is 0 Å². The van der Waals surface area contributed by atoms with E-state index < -0.39 is 5.97 Å². The van der Waals surface area contributed by atoms with Crippen LogP contribution in [0.5, 0.6) is 0 Å². The Morgan fingerprint density at radius 2 is 1.92 bits per heavy atom. The minimum atomic E-state index is -0.400. The summed E-state index contributed by atoms with van der Waals surface area (Å²) in [6.07, 6.45) is 0. The number of ether oxygens (including phenoxy) is 1. The van der Waals surface area contributed by atoms with Gasteiger partial charge in [-0.1, -0.05) is 0 Å². The van der Waals surface area contributed by atoms with Crippen molar-refractivity contribution in [3.63, 3.8) is 0 Å². The molecule has 3 aromatic rings. The number of benzene rings is 2. The fourth-order valence-corrected chi connectivity index (χ4v) is 3.06. The number of aromatic nitrogens is 2. The monoisotopic (exact) mass is 337 g/mol. The molecule has 2 aromatic carbocycles. The van der Waals surface area contributed by atoms with E-state index in [1.54, 1.807) is 48.2 Å². The zero-order valence-electron chi connectivity index (χ0n) is 13.5. The van der Waals surface area contributed by atoms with Gasteiger partial charge in [0.2, 0.25) is 0 Å². The first-order valence-corrected chi connectivity index (χ1v) is 7.91. The number of nitrogens with one attached hydrogen (secondary N) is 2. The number of H-pyrrole nitrogens is 2. The van der Waals surface area contributed by atoms with E-state index in [2.05, 4.69) is 9.97 Å². The van der Waals surface area contributed by atoms with Crippen LogP contribution in [0.4, 0.5) is 5.69 Å². The number of hydrogen-bond acceptors (Lipinski definition) is 4. The topological polar surface area (TPSA) is 95.3 Å². The number of hydrogen-bond donors (Lipinski definition) is 2. The Hall–Kier alpha value is -3.35. The van der Waals surface area contributed by atoms with E-state index in [1.807, 2.05) is 0 Å². The summed E-state index contributed by atoms with van der Waals surface area (Å²) >= 11 is 0. The predicted octanol–water partition coefficient (Wildman–Crippen LogP) is 2.19. The number of anilines is 1. The lowest BCUT2D eigenvalue weighted by Crippen LogP contribution is -2.22. The maximum atomic E-state index is 12.7. The second-order valence-corrected chi connectivity index (χ2v) is 5.79. The quantitative estimate of drug-likeness (QED) is 0.716. The molecule has 0 atom stereocenters. The van der Waals surface area contributed by atoms with Crippen molar-refractivity contribution < 1.29 is 14.3 Å². The van der Waals surface area contributed by atoms with Gasteiger partial charge in [-0.15, -0.1) is 0 Å². The minimum absolute atomic E-state index is 0.136. The van der Waals surface area contributed by atoms with Gasteiger partial charge in [-0.3, -0.25) is 4.79 Å². The average Bonchev–Trinajstić information content (AvgIpc) is 3.13. The van der Waals surface area contributed by atoms with Crippen molar-refractivity contribution in [3.8, 4) is 0 Å². The lowest BCUT2D eigenvalue weighted by Gasteiger charge is -2.15. The van der Waals surface area contributed by atoms with Gasteiger partial charge in [-0.2, -0.15) is 0 Å². The van der Waals surface area contributed by atoms with Crippen molar-refractivity contribution in [2.24, 2.45) is 0 Å². The number of amides is 1. The van der Waals surface area contributed by atoms with E-state index in [4.69, 9.17) is 4.74 Å². The summed E-state index contributed by atoms with van der Waals surface area (Å²) in [6, 6.07) is 10.2. The third-order valence-electron chi connectivity index (χ3n) is 4.23. The van der Waals surface area contributed by atoms with Crippen molar-refractivity contribution in [1.82, 2.24) is 9.97 Å². The van der Waals surface area contributed by atoms with Gasteiger partial charge >= 0.3 is 11.7 Å². The molecule has 1 aliphatic rings. The van der Waals surface area contributed by atoms with Gasteiger partial charge < -0.3 is 19.6 Å². The highest BCUT2D eigenvalue weighted by atomic mass is 16.5. The number of esters is 1. The maximum absolute atomic E-state index is 12.7. The molecular formula is C18H15N3O4. The molecule has 0 aliphatic carbocycles. The highest BCUT2D eigenvalue weighted by Crippen LogP contribution is 2.30. The number of aromatic amines is 2. The number of carbonyl (C=O) groups excluding carboxylic acids is 2. The number of rotatable bonds is 3. The Kier molecular flexibility index (Phi) is 3.42. The van der Waals surface area contributed by atoms with Gasteiger partial charge in [0, 0.05) is 11.3 Å². The standard InChI is InChI=1S/C18H15N3O4/c1-2-25-17(23)10-3-5-13-11(7-10)9-21(16(13)22)12-4-6-14-15(8-12)20-18(24)19-14/h3-8H,2,9H2,1H3,(H2,19,20,24). The SMILES string of the molecule is CCOC(=O)c1ccc2c(c1)CN(c1ccc3[nH]c(=O)[nH]c3c1)C2=O. The first-order chi connectivity index (χ1) is 12.1. The molecule has 7 nitrogen and oxygen atoms in total. The Morgan fingerprint density at radius 1 is 1.12 bits per heavy atom. The van der Waals surface area contributed by atoms with Crippen molar-refractivity contribution in [2.45, 2.75) is 13.5 Å². The molecule has 0 saturated carbocycles. The van der Waals surface area contributed by atoms with Crippen LogP contribution in [0.15, 0.2) is 41.2 Å². The summed E-state index contributed by atoms with van der Waals surface area (Å²) in [7, 11) is 0. The molecule has 2 heterocycles. The lowest BCUT2D eigenvalue weighted by molar-refractivity contribution is 0.0526. The van der Waals surface area contributed by atoms with Crippen LogP contribution in [0.3, 0.4) is 0 Å². The molecular weight excluding hydrogens is 322 g/mol. The average molecular weight is 337 g/mol. The Bertz CT molecular complexity index is 1060. The number of nitrogens with zero attached hydrogens (tertiary/aromatic N) is 1. The Labute approximate surface area is 142 Å². The third kappa shape index (κ3) is 2.50. The molecule has 126 valence electrons. The minimum Gasteiger partial charge on any atom is -0.462 e. The lowest BCUT2D eigenvalue weighted by atomic mass is 10.1. The Balaban J connectivity index is 1.68. The van der Waals surface area contributed by atoms with Crippen LogP contribution in [0.25, 0.3) is 11.0 Å². The van der Waals surface area contributed by atoms with Crippen LogP contribution in [0.1, 0.15) is 33.2 Å². The largest absolute Gasteiger partial charge is 0.462 e. The van der Waals surface area contributed by atoms with Gasteiger partial charge in [0.25, 0.3) is 5.91 Å². The van der Waals surface area contributed by atoms with Gasteiger partial charge in [-0.25, -0.2) is 9.59 Å². The molecule has 0 unspecified atom stereocenters. The first kappa shape index (κ1) is 15.2. The van der Waals surface area contributed by atoms with Crippen LogP contribution in [0, 0.1) is 0 Å². The highest BCUT2D eigenvalue weighted by Gasteiger charge is 2.29. The van der Waals surface area contributed by atoms with E-state index in [-0.39, 0.29) is 11.6 Å². The second-order valence-electron chi connectivity index (χ2n) is 5.79. The van der Waals surface area contributed by atoms with Gasteiger partial charge in [0.05, 0.1) is 29.7 Å². The van der Waals surface area contributed by atoms with Crippen LogP contribution < -0.4 is 10.6 Å². The maximum Gasteiger partial charge on any atom is 0.338 e. The summed E-state index contributed by atoms with van der Waals surface area (Å²) in [5.74, 6) is -0.537. The first-order valence-electron chi connectivity index (χ1n) is 7.91. The van der Waals surface area contributed by atoms with Crippen molar-refractivity contribution in [1.29, 1.82) is 0 Å². The number of imidazole rings is 1. The molecule has 0 fully saturated rings. The zero-order chi connectivity index (χ0) is 17.6. The summed E-state index contributed by atoms with van der Waals surface area (Å²) < 4.78 is 5.00. The second kappa shape index (κ2) is 5.62. The van der Waals surface area contributed by atoms with E-state index in [0.29, 0.717) is 41.0 Å². The van der Waals surface area contributed by atoms with Crippen molar-refractivity contribution in [2.75, 3.05) is 11.5 Å². The summed E-state index contributed by atoms with van der Waals surface area (Å²) in [4.78, 5) is 42.9. The summed E-state index contributed by atoms with van der Waals surface area (Å²) in [6.45, 7) is 2.41. The van der Waals surface area contributed by atoms with Crippen molar-refractivity contribution in [3.05, 3.63) is 63.6 Å². The van der Waals surface area contributed by atoms with Crippen molar-refractivity contribution >= 4 is 28.6 Å². The Morgan fingerprint density at radius 3 is 2.72 bits per heavy atom. The van der Waals surface area contributed by atoms with Gasteiger partial charge in [0.15, 0.2) is 0 Å². The fourth-order valence-electron chi connectivity index (χ4n) is 3.06. The van der Waals surface area contributed by atoms with E-state index in [0.717, 1.165) is 5.56 Å². The number of fused-ring (bicyclic) bond motifs is 2. The summed E-state index contributed by atoms with van der Waals surface area (Å²) in [5, 5.41) is 0. The van der Waals surface area contributed by atoms with Crippen LogP contribution in [-0.2, 0) is 11.3 Å². The summed E-state index contributed by atoms with van der Waals surface area (Å²) in [5.41, 5.74) is 3.49. The molecule has 7 heteroatoms. The predicted molar refractivity (Wildman–Crippen MR) is 91.8 cm³/mol. The molecule has 25 heavy (non-hydrogen) atoms. The fraction of sp³-hybridized carbons (Fsp3) is 0.167. The molecule has 0 bridgehead atoms. The normalized spacial score (nSPS) is 13.3. The molecule has 2 N–H and O–H groups in total. The smallest absolute Gasteiger partial charge is 0.338 e. The van der Waals surface area contributed by atoms with E-state index in [9.17, 15) is 14.4 Å². The number of carbonyl (C=O) groups is 2. The highest BCUT2D eigenvalue weighted by molar-refractivity contribution is 6.11. The van der Waals surface area contributed by atoms with E-state index in [1.165, 1.54) is 0 Å². The molecule has 0 radical (unpaired) electrons. The van der Waals surface area contributed by atoms with Crippen LogP contribution in [-0.4, -0.2) is 28.5 Å². The molecule has 1 aromatic heterocycles. The van der Waals surface area contributed by atoms with Gasteiger partial charge in [-0.05, 0) is 48.9 Å². The van der Waals surface area contributed by atoms with Crippen LogP contribution >= 0.6 is 0 Å². The van der Waals surface area contributed by atoms with Crippen LogP contribution in [0.2, 0.25) is 0 Å². The van der Waals surface area contributed by atoms with Gasteiger partial charge in [0.1, 0.15) is 0 Å². The molecule has 0 spiro atoms. The molecule has 0 saturated heterocycles. The molecule has 1 amide bonds. The molecule has 4 rings (SSSR count). The molecule has 1 aliphatic heterocycles. The zero-order valence-corrected chi connectivity index (χ0v) is 13.5.